The summed E-state index contributed by atoms with van der Waals surface area (Å²) in [5.41, 5.74) is 11.3. The molecule has 2 heteroatoms. The third kappa shape index (κ3) is 4.31. The lowest BCUT2D eigenvalue weighted by atomic mass is 9.84. The Bertz CT molecular complexity index is 2800. The van der Waals surface area contributed by atoms with Crippen LogP contribution in [0.15, 0.2) is 181 Å². The molecule has 10 aromatic rings. The molecule has 2 nitrogen and oxygen atoms in total. The zero-order valence-electron chi connectivity index (χ0n) is 26.6. The standard InChI is InChI=1S/C47H29NO/c1-2-14-34-30(11-1)12-9-20-36(34)46-39-17-5-3-15-37(39)44(38-16-4-6-18-40(38)46)31-22-24-32(25-23-31)45-35(33-13-10-28-48-29-33)26-27-43-47(45)41-19-7-8-21-42(41)49-43/h1-29H. The quantitative estimate of drug-likeness (QED) is 0.182. The summed E-state index contributed by atoms with van der Waals surface area (Å²) in [5, 5.41) is 9.76. The maximum absolute atomic E-state index is 6.35. The number of para-hydroxylation sites is 1. The molecule has 0 unspecified atom stereocenters. The van der Waals surface area contributed by atoms with Gasteiger partial charge in [0, 0.05) is 34.3 Å². The van der Waals surface area contributed by atoms with Crippen LogP contribution >= 0.6 is 0 Å². The van der Waals surface area contributed by atoms with Gasteiger partial charge in [0.15, 0.2) is 0 Å². The first-order chi connectivity index (χ1) is 24.3. The summed E-state index contributed by atoms with van der Waals surface area (Å²) in [4.78, 5) is 4.46. The molecule has 0 N–H and O–H groups in total. The average molecular weight is 624 g/mol. The van der Waals surface area contributed by atoms with E-state index >= 15 is 0 Å². The van der Waals surface area contributed by atoms with Crippen molar-refractivity contribution < 1.29 is 4.42 Å². The highest BCUT2D eigenvalue weighted by Crippen LogP contribution is 2.47. The van der Waals surface area contributed by atoms with Crippen LogP contribution in [0.3, 0.4) is 0 Å². The molecule has 0 aliphatic heterocycles. The molecule has 10 rings (SSSR count). The Morgan fingerprint density at radius 2 is 0.939 bits per heavy atom. The zero-order valence-corrected chi connectivity index (χ0v) is 26.6. The minimum Gasteiger partial charge on any atom is -0.456 e. The molecule has 0 bridgehead atoms. The van der Waals surface area contributed by atoms with Crippen molar-refractivity contribution in [2.45, 2.75) is 0 Å². The number of benzene rings is 8. The predicted octanol–water partition coefficient (Wildman–Crippen LogP) is 13.1. The Morgan fingerprint density at radius 1 is 0.347 bits per heavy atom. The van der Waals surface area contributed by atoms with E-state index in [0.29, 0.717) is 0 Å². The number of hydrogen-bond donors (Lipinski definition) is 0. The topological polar surface area (TPSA) is 26.0 Å². The van der Waals surface area contributed by atoms with Crippen LogP contribution < -0.4 is 0 Å². The molecule has 8 aromatic carbocycles. The second kappa shape index (κ2) is 11.0. The molecule has 2 aromatic heterocycles. The van der Waals surface area contributed by atoms with E-state index in [1.54, 1.807) is 0 Å². The van der Waals surface area contributed by atoms with Gasteiger partial charge in [0.1, 0.15) is 11.2 Å². The lowest BCUT2D eigenvalue weighted by Crippen LogP contribution is -1.92. The predicted molar refractivity (Wildman–Crippen MR) is 206 cm³/mol. The number of pyridine rings is 1. The van der Waals surface area contributed by atoms with Gasteiger partial charge >= 0.3 is 0 Å². The number of fused-ring (bicyclic) bond motifs is 6. The molecule has 228 valence electrons. The van der Waals surface area contributed by atoms with Gasteiger partial charge in [-0.3, -0.25) is 4.98 Å². The maximum Gasteiger partial charge on any atom is 0.136 e. The van der Waals surface area contributed by atoms with Crippen LogP contribution in [0.5, 0.6) is 0 Å². The van der Waals surface area contributed by atoms with E-state index in [9.17, 15) is 0 Å². The monoisotopic (exact) mass is 623 g/mol. The van der Waals surface area contributed by atoms with E-state index in [2.05, 4.69) is 151 Å². The van der Waals surface area contributed by atoms with Crippen LogP contribution in [0.25, 0.3) is 98.8 Å². The molecule has 0 radical (unpaired) electrons. The van der Waals surface area contributed by atoms with Crippen molar-refractivity contribution in [2.75, 3.05) is 0 Å². The van der Waals surface area contributed by atoms with Gasteiger partial charge in [-0.2, -0.15) is 0 Å². The van der Waals surface area contributed by atoms with E-state index in [-0.39, 0.29) is 0 Å². The molecule has 0 atom stereocenters. The lowest BCUT2D eigenvalue weighted by Gasteiger charge is -2.19. The molecule has 0 fully saturated rings. The summed E-state index contributed by atoms with van der Waals surface area (Å²) in [6, 6.07) is 58.9. The van der Waals surface area contributed by atoms with Crippen molar-refractivity contribution in [1.29, 1.82) is 0 Å². The minimum absolute atomic E-state index is 0.883. The van der Waals surface area contributed by atoms with Crippen LogP contribution in [0, 0.1) is 0 Å². The highest BCUT2D eigenvalue weighted by molar-refractivity contribution is 6.23. The third-order valence-corrected chi connectivity index (χ3v) is 9.97. The van der Waals surface area contributed by atoms with Gasteiger partial charge < -0.3 is 4.42 Å². The fourth-order valence-corrected chi connectivity index (χ4v) is 7.86. The molecular weight excluding hydrogens is 595 g/mol. The molecule has 2 heterocycles. The normalized spacial score (nSPS) is 11.7. The van der Waals surface area contributed by atoms with Gasteiger partial charge in [0.2, 0.25) is 0 Å². The Morgan fingerprint density at radius 3 is 1.63 bits per heavy atom. The van der Waals surface area contributed by atoms with Gasteiger partial charge in [-0.05, 0) is 90.0 Å². The maximum atomic E-state index is 6.35. The SMILES string of the molecule is c1cncc(-c2ccc3oc4ccccc4c3c2-c2ccc(-c3c4ccccc4c(-c4cccc5ccccc45)c4ccccc34)cc2)c1. The highest BCUT2D eigenvalue weighted by Gasteiger charge is 2.20. The molecule has 49 heavy (non-hydrogen) atoms. The Balaban J connectivity index is 1.22. The van der Waals surface area contributed by atoms with Crippen molar-refractivity contribution in [3.63, 3.8) is 0 Å². The smallest absolute Gasteiger partial charge is 0.136 e. The largest absolute Gasteiger partial charge is 0.456 e. The second-order valence-electron chi connectivity index (χ2n) is 12.6. The average Bonchev–Trinajstić information content (AvgIpc) is 3.56. The van der Waals surface area contributed by atoms with Crippen LogP contribution in [0.1, 0.15) is 0 Å². The Hall–Kier alpha value is -6.51. The van der Waals surface area contributed by atoms with Gasteiger partial charge in [0.25, 0.3) is 0 Å². The van der Waals surface area contributed by atoms with Gasteiger partial charge in [0.05, 0.1) is 0 Å². The molecule has 0 aliphatic carbocycles. The van der Waals surface area contributed by atoms with Crippen LogP contribution in [-0.2, 0) is 0 Å². The van der Waals surface area contributed by atoms with E-state index in [1.165, 1.54) is 54.6 Å². The van der Waals surface area contributed by atoms with Crippen molar-refractivity contribution >= 4 is 54.3 Å². The first kappa shape index (κ1) is 27.6. The summed E-state index contributed by atoms with van der Waals surface area (Å²) in [6.45, 7) is 0. The third-order valence-electron chi connectivity index (χ3n) is 9.97. The van der Waals surface area contributed by atoms with Crippen molar-refractivity contribution in [3.8, 4) is 44.5 Å². The molecule has 0 amide bonds. The lowest BCUT2D eigenvalue weighted by molar-refractivity contribution is 0.669. The van der Waals surface area contributed by atoms with Crippen molar-refractivity contribution in [3.05, 3.63) is 176 Å². The highest BCUT2D eigenvalue weighted by atomic mass is 16.3. The summed E-state index contributed by atoms with van der Waals surface area (Å²) >= 11 is 0. The molecule has 0 saturated heterocycles. The number of aromatic nitrogens is 1. The van der Waals surface area contributed by atoms with Crippen LogP contribution in [0.4, 0.5) is 0 Å². The number of nitrogens with zero attached hydrogens (tertiary/aromatic N) is 1. The fraction of sp³-hybridized carbons (Fsp3) is 0. The molecule has 0 saturated carbocycles. The minimum atomic E-state index is 0.883. The molecule has 0 spiro atoms. The molecular formula is C47H29NO. The first-order valence-electron chi connectivity index (χ1n) is 16.7. The van der Waals surface area contributed by atoms with E-state index in [1.807, 2.05) is 30.6 Å². The molecule has 0 aliphatic rings. The Kier molecular flexibility index (Phi) is 6.22. The fourth-order valence-electron chi connectivity index (χ4n) is 7.86. The number of furan rings is 1. The van der Waals surface area contributed by atoms with Gasteiger partial charge in [-0.15, -0.1) is 0 Å². The summed E-state index contributed by atoms with van der Waals surface area (Å²) in [7, 11) is 0. The Labute approximate surface area is 283 Å². The van der Waals surface area contributed by atoms with E-state index in [4.69, 9.17) is 4.42 Å². The zero-order chi connectivity index (χ0) is 32.3. The first-order valence-corrected chi connectivity index (χ1v) is 16.7. The summed E-state index contributed by atoms with van der Waals surface area (Å²) in [6.07, 6.45) is 3.76. The van der Waals surface area contributed by atoms with Crippen LogP contribution in [-0.4, -0.2) is 4.98 Å². The van der Waals surface area contributed by atoms with Crippen molar-refractivity contribution in [2.24, 2.45) is 0 Å². The van der Waals surface area contributed by atoms with E-state index in [0.717, 1.165) is 44.2 Å². The summed E-state index contributed by atoms with van der Waals surface area (Å²) in [5.74, 6) is 0. The van der Waals surface area contributed by atoms with Gasteiger partial charge in [-0.25, -0.2) is 0 Å². The van der Waals surface area contributed by atoms with Crippen LogP contribution in [0.2, 0.25) is 0 Å². The number of hydrogen-bond acceptors (Lipinski definition) is 2. The van der Waals surface area contributed by atoms with Crippen molar-refractivity contribution in [1.82, 2.24) is 4.98 Å². The second-order valence-corrected chi connectivity index (χ2v) is 12.6. The van der Waals surface area contributed by atoms with E-state index < -0.39 is 0 Å². The number of rotatable bonds is 4. The van der Waals surface area contributed by atoms with Gasteiger partial charge in [-0.1, -0.05) is 140 Å². The summed E-state index contributed by atoms with van der Waals surface area (Å²) < 4.78 is 6.35.